The van der Waals surface area contributed by atoms with E-state index in [1.807, 2.05) is 0 Å². The summed E-state index contributed by atoms with van der Waals surface area (Å²) >= 11 is 2.93. The Balaban J connectivity index is 2.34. The SMILES string of the molecule is O=C(c1cc(Br)c(F)cc1F)N1CCC1. The number of hydrogen-bond acceptors (Lipinski definition) is 1. The second-order valence-corrected chi connectivity index (χ2v) is 4.25. The van der Waals surface area contributed by atoms with E-state index in [1.165, 1.54) is 11.0 Å². The van der Waals surface area contributed by atoms with E-state index in [-0.39, 0.29) is 15.9 Å². The molecule has 1 aromatic carbocycles. The first-order valence-electron chi connectivity index (χ1n) is 4.53. The van der Waals surface area contributed by atoms with Crippen molar-refractivity contribution in [3.63, 3.8) is 0 Å². The molecule has 1 saturated heterocycles. The van der Waals surface area contributed by atoms with Crippen LogP contribution in [0.1, 0.15) is 16.8 Å². The lowest BCUT2D eigenvalue weighted by Gasteiger charge is -2.31. The highest BCUT2D eigenvalue weighted by Gasteiger charge is 2.24. The molecule has 1 aliphatic rings. The van der Waals surface area contributed by atoms with Gasteiger partial charge in [-0.15, -0.1) is 0 Å². The average molecular weight is 276 g/mol. The van der Waals surface area contributed by atoms with E-state index in [0.717, 1.165) is 12.5 Å². The predicted octanol–water partition coefficient (Wildman–Crippen LogP) is 2.57. The zero-order valence-electron chi connectivity index (χ0n) is 7.77. The van der Waals surface area contributed by atoms with Gasteiger partial charge in [-0.2, -0.15) is 0 Å². The van der Waals surface area contributed by atoms with E-state index in [9.17, 15) is 13.6 Å². The zero-order chi connectivity index (χ0) is 11.0. The third kappa shape index (κ3) is 1.88. The monoisotopic (exact) mass is 275 g/mol. The van der Waals surface area contributed by atoms with Gasteiger partial charge in [-0.05, 0) is 28.4 Å². The molecule has 0 atom stereocenters. The Kier molecular flexibility index (Phi) is 2.73. The first-order chi connectivity index (χ1) is 7.09. The fraction of sp³-hybridized carbons (Fsp3) is 0.300. The van der Waals surface area contributed by atoms with Crippen molar-refractivity contribution < 1.29 is 13.6 Å². The highest BCUT2D eigenvalue weighted by atomic mass is 79.9. The van der Waals surface area contributed by atoms with Gasteiger partial charge in [-0.25, -0.2) is 8.78 Å². The highest BCUT2D eigenvalue weighted by molar-refractivity contribution is 9.10. The number of halogens is 3. The first kappa shape index (κ1) is 10.5. The Hall–Kier alpha value is -0.970. The third-order valence-electron chi connectivity index (χ3n) is 2.38. The average Bonchev–Trinajstić information content (AvgIpc) is 2.08. The Morgan fingerprint density at radius 3 is 2.47 bits per heavy atom. The van der Waals surface area contributed by atoms with Crippen LogP contribution in [0.5, 0.6) is 0 Å². The van der Waals surface area contributed by atoms with Crippen molar-refractivity contribution >= 4 is 21.8 Å². The van der Waals surface area contributed by atoms with Gasteiger partial charge in [0.2, 0.25) is 0 Å². The van der Waals surface area contributed by atoms with E-state index in [2.05, 4.69) is 15.9 Å². The lowest BCUT2D eigenvalue weighted by atomic mass is 10.1. The summed E-state index contributed by atoms with van der Waals surface area (Å²) in [4.78, 5) is 13.2. The van der Waals surface area contributed by atoms with Gasteiger partial charge in [-0.1, -0.05) is 0 Å². The summed E-state index contributed by atoms with van der Waals surface area (Å²) in [5, 5.41) is 0. The molecule has 1 fully saturated rings. The van der Waals surface area contributed by atoms with E-state index >= 15 is 0 Å². The molecule has 0 spiro atoms. The third-order valence-corrected chi connectivity index (χ3v) is 2.99. The number of benzene rings is 1. The van der Waals surface area contributed by atoms with Crippen molar-refractivity contribution in [3.05, 3.63) is 33.8 Å². The summed E-state index contributed by atoms with van der Waals surface area (Å²) < 4.78 is 26.3. The molecule has 1 amide bonds. The minimum atomic E-state index is -0.812. The van der Waals surface area contributed by atoms with Crippen LogP contribution in [0.15, 0.2) is 16.6 Å². The van der Waals surface area contributed by atoms with Crippen molar-refractivity contribution in [2.45, 2.75) is 6.42 Å². The molecule has 0 aliphatic carbocycles. The van der Waals surface area contributed by atoms with Crippen LogP contribution in [0.2, 0.25) is 0 Å². The summed E-state index contributed by atoms with van der Waals surface area (Å²) in [5.74, 6) is -1.89. The zero-order valence-corrected chi connectivity index (χ0v) is 9.35. The van der Waals surface area contributed by atoms with Gasteiger partial charge in [0.1, 0.15) is 11.6 Å². The number of rotatable bonds is 1. The maximum absolute atomic E-state index is 13.3. The maximum Gasteiger partial charge on any atom is 0.256 e. The fourth-order valence-electron chi connectivity index (χ4n) is 1.38. The van der Waals surface area contributed by atoms with Gasteiger partial charge in [-0.3, -0.25) is 4.79 Å². The van der Waals surface area contributed by atoms with Crippen LogP contribution in [0.3, 0.4) is 0 Å². The molecule has 2 nitrogen and oxygen atoms in total. The summed E-state index contributed by atoms with van der Waals surface area (Å²) in [6.07, 6.45) is 0.940. The molecule has 0 aromatic heterocycles. The largest absolute Gasteiger partial charge is 0.338 e. The van der Waals surface area contributed by atoms with Crippen LogP contribution in [-0.2, 0) is 0 Å². The molecule has 0 saturated carbocycles. The van der Waals surface area contributed by atoms with E-state index in [1.54, 1.807) is 0 Å². The van der Waals surface area contributed by atoms with E-state index in [4.69, 9.17) is 0 Å². The van der Waals surface area contributed by atoms with Crippen molar-refractivity contribution in [2.24, 2.45) is 0 Å². The topological polar surface area (TPSA) is 20.3 Å². The smallest absolute Gasteiger partial charge is 0.256 e. The second kappa shape index (κ2) is 3.89. The molecule has 80 valence electrons. The summed E-state index contributed by atoms with van der Waals surface area (Å²) in [6.45, 7) is 1.29. The van der Waals surface area contributed by atoms with E-state index in [0.29, 0.717) is 13.1 Å². The molecule has 1 aromatic rings. The molecule has 1 aliphatic heterocycles. The number of nitrogens with zero attached hydrogens (tertiary/aromatic N) is 1. The summed E-state index contributed by atoms with van der Waals surface area (Å²) in [6, 6.07) is 1.91. The van der Waals surface area contributed by atoms with Gasteiger partial charge >= 0.3 is 0 Å². The standard InChI is InChI=1S/C10H8BrF2NO/c11-7-4-6(8(12)5-9(7)13)10(15)14-2-1-3-14/h4-5H,1-3H2. The Labute approximate surface area is 94.0 Å². The van der Waals surface area contributed by atoms with Crippen molar-refractivity contribution in [3.8, 4) is 0 Å². The maximum atomic E-state index is 13.3. The number of hydrogen-bond donors (Lipinski definition) is 0. The lowest BCUT2D eigenvalue weighted by molar-refractivity contribution is 0.0647. The molecule has 0 N–H and O–H groups in total. The van der Waals surface area contributed by atoms with Crippen LogP contribution in [-0.4, -0.2) is 23.9 Å². The Morgan fingerprint density at radius 1 is 1.27 bits per heavy atom. The lowest BCUT2D eigenvalue weighted by Crippen LogP contribution is -2.42. The van der Waals surface area contributed by atoms with E-state index < -0.39 is 11.6 Å². The Morgan fingerprint density at radius 2 is 1.93 bits per heavy atom. The van der Waals surface area contributed by atoms with Crippen LogP contribution >= 0.6 is 15.9 Å². The molecular formula is C10H8BrF2NO. The van der Waals surface area contributed by atoms with Crippen LogP contribution < -0.4 is 0 Å². The fourth-order valence-corrected chi connectivity index (χ4v) is 1.72. The molecule has 0 radical (unpaired) electrons. The van der Waals surface area contributed by atoms with Gasteiger partial charge < -0.3 is 4.90 Å². The van der Waals surface area contributed by atoms with Crippen LogP contribution in [0.25, 0.3) is 0 Å². The predicted molar refractivity (Wildman–Crippen MR) is 54.6 cm³/mol. The molecule has 1 heterocycles. The number of amides is 1. The first-order valence-corrected chi connectivity index (χ1v) is 5.32. The summed E-state index contributed by atoms with van der Waals surface area (Å²) in [7, 11) is 0. The number of carbonyl (C=O) groups is 1. The van der Waals surface area contributed by atoms with Gasteiger partial charge in [0.15, 0.2) is 0 Å². The highest BCUT2D eigenvalue weighted by Crippen LogP contribution is 2.22. The van der Waals surface area contributed by atoms with Gasteiger partial charge in [0, 0.05) is 19.2 Å². The summed E-state index contributed by atoms with van der Waals surface area (Å²) in [5.41, 5.74) is -0.0806. The van der Waals surface area contributed by atoms with Crippen molar-refractivity contribution in [1.29, 1.82) is 0 Å². The molecule has 5 heteroatoms. The molecular weight excluding hydrogens is 268 g/mol. The van der Waals surface area contributed by atoms with Crippen LogP contribution in [0, 0.1) is 11.6 Å². The number of carbonyl (C=O) groups excluding carboxylic acids is 1. The molecule has 0 unspecified atom stereocenters. The van der Waals surface area contributed by atoms with Gasteiger partial charge in [0.25, 0.3) is 5.91 Å². The quantitative estimate of drug-likeness (QED) is 0.722. The Bertz CT molecular complexity index is 418. The minimum absolute atomic E-state index is 0.0806. The van der Waals surface area contributed by atoms with Crippen molar-refractivity contribution in [1.82, 2.24) is 4.90 Å². The minimum Gasteiger partial charge on any atom is -0.338 e. The number of likely N-dealkylation sites (tertiary alicyclic amines) is 1. The second-order valence-electron chi connectivity index (χ2n) is 3.39. The van der Waals surface area contributed by atoms with Gasteiger partial charge in [0.05, 0.1) is 10.0 Å². The molecule has 0 bridgehead atoms. The van der Waals surface area contributed by atoms with Crippen LogP contribution in [0.4, 0.5) is 8.78 Å². The normalized spacial score (nSPS) is 15.0. The van der Waals surface area contributed by atoms with Crippen molar-refractivity contribution in [2.75, 3.05) is 13.1 Å². The molecule has 2 rings (SSSR count). The molecule has 15 heavy (non-hydrogen) atoms.